The maximum atomic E-state index is 12.3. The van der Waals surface area contributed by atoms with Gasteiger partial charge in [0.15, 0.2) is 6.29 Å². The second kappa shape index (κ2) is 16.8. The number of carbonyl (C=O) groups is 3. The van der Waals surface area contributed by atoms with Gasteiger partial charge in [-0.15, -0.1) is 0 Å². The third-order valence-corrected chi connectivity index (χ3v) is 5.85. The van der Waals surface area contributed by atoms with E-state index in [2.05, 4.69) is 26.5 Å². The Bertz CT molecular complexity index is 954. The molecule has 218 valence electrons. The molecule has 3 amide bonds. The van der Waals surface area contributed by atoms with Crippen LogP contribution in [0.15, 0.2) is 29.4 Å². The molecule has 5 atom stereocenters. The van der Waals surface area contributed by atoms with Crippen molar-refractivity contribution < 1.29 is 39.2 Å². The first kappa shape index (κ1) is 32.1. The molecule has 13 heteroatoms. The summed E-state index contributed by atoms with van der Waals surface area (Å²) in [5.74, 6) is -0.752. The van der Waals surface area contributed by atoms with Crippen LogP contribution >= 0.6 is 0 Å². The molecule has 0 saturated carbocycles. The van der Waals surface area contributed by atoms with Gasteiger partial charge in [0.25, 0.3) is 5.91 Å². The summed E-state index contributed by atoms with van der Waals surface area (Å²) in [7, 11) is 0. The Hall–Kier alpha value is -3.10. The summed E-state index contributed by atoms with van der Waals surface area (Å²) in [5.41, 5.74) is 5.10. The summed E-state index contributed by atoms with van der Waals surface area (Å²) in [5, 5.41) is 41.9. The van der Waals surface area contributed by atoms with Gasteiger partial charge in [-0.05, 0) is 57.4 Å². The quantitative estimate of drug-likeness (QED) is 0.0883. The number of aliphatic hydroxyl groups is 3. The van der Waals surface area contributed by atoms with E-state index in [1.165, 1.54) is 6.92 Å². The first-order valence-corrected chi connectivity index (χ1v) is 13.1. The summed E-state index contributed by atoms with van der Waals surface area (Å²) < 4.78 is 11.1. The molecular formula is C26H41N5O8. The zero-order valence-electron chi connectivity index (χ0n) is 22.7. The Balaban J connectivity index is 1.59. The lowest BCUT2D eigenvalue weighted by atomic mass is 9.97. The van der Waals surface area contributed by atoms with Crippen molar-refractivity contribution in [1.82, 2.24) is 16.0 Å². The Morgan fingerprint density at radius 1 is 0.974 bits per heavy atom. The highest BCUT2D eigenvalue weighted by Gasteiger charge is 2.45. The average Bonchev–Trinajstić information content (AvgIpc) is 2.90. The second-order valence-corrected chi connectivity index (χ2v) is 9.47. The van der Waals surface area contributed by atoms with Crippen LogP contribution in [0, 0.1) is 0 Å². The monoisotopic (exact) mass is 551 g/mol. The third kappa shape index (κ3) is 11.3. The van der Waals surface area contributed by atoms with Crippen molar-refractivity contribution >= 4 is 29.1 Å². The van der Waals surface area contributed by atoms with Crippen LogP contribution in [0.2, 0.25) is 0 Å². The number of rotatable bonds is 15. The highest BCUT2D eigenvalue weighted by atomic mass is 16.7. The fraction of sp³-hybridized carbons (Fsp3) is 0.615. The summed E-state index contributed by atoms with van der Waals surface area (Å²) in [6.07, 6.45) is -2.94. The van der Waals surface area contributed by atoms with E-state index in [1.54, 1.807) is 24.3 Å². The van der Waals surface area contributed by atoms with E-state index in [0.29, 0.717) is 37.9 Å². The maximum absolute atomic E-state index is 12.3. The molecule has 1 heterocycles. The molecule has 0 radical (unpaired) electrons. The minimum atomic E-state index is -1.37. The fourth-order valence-corrected chi connectivity index (χ4v) is 3.78. The predicted octanol–water partition coefficient (Wildman–Crippen LogP) is -0.139. The number of ether oxygens (including phenoxy) is 2. The van der Waals surface area contributed by atoms with Crippen molar-refractivity contribution in [3.63, 3.8) is 0 Å². The molecule has 13 nitrogen and oxygen atoms in total. The molecule has 1 fully saturated rings. The highest BCUT2D eigenvalue weighted by Crippen LogP contribution is 2.22. The van der Waals surface area contributed by atoms with Crippen LogP contribution in [0.4, 0.5) is 5.69 Å². The number of benzene rings is 1. The lowest BCUT2D eigenvalue weighted by molar-refractivity contribution is -0.270. The zero-order valence-corrected chi connectivity index (χ0v) is 22.7. The minimum absolute atomic E-state index is 0.127. The van der Waals surface area contributed by atoms with Crippen LogP contribution < -0.4 is 21.4 Å². The minimum Gasteiger partial charge on any atom is -0.394 e. The number of hydrazone groups is 1. The van der Waals surface area contributed by atoms with E-state index in [0.717, 1.165) is 11.4 Å². The third-order valence-electron chi connectivity index (χ3n) is 5.85. The van der Waals surface area contributed by atoms with E-state index in [4.69, 9.17) is 9.47 Å². The molecule has 0 bridgehead atoms. The Labute approximate surface area is 228 Å². The number of amides is 3. The zero-order chi connectivity index (χ0) is 28.8. The van der Waals surface area contributed by atoms with E-state index < -0.39 is 43.2 Å². The largest absolute Gasteiger partial charge is 0.394 e. The number of aliphatic hydroxyl groups excluding tert-OH is 3. The molecule has 0 aliphatic carbocycles. The Kier molecular flexibility index (Phi) is 13.8. The average molecular weight is 552 g/mol. The van der Waals surface area contributed by atoms with E-state index in [9.17, 15) is 29.7 Å². The molecule has 1 aromatic carbocycles. The number of hydrogen-bond acceptors (Lipinski definition) is 10. The molecule has 1 aromatic rings. The van der Waals surface area contributed by atoms with Gasteiger partial charge in [-0.1, -0.05) is 0 Å². The molecule has 0 spiro atoms. The molecule has 0 aromatic heterocycles. The van der Waals surface area contributed by atoms with Crippen molar-refractivity contribution in [2.24, 2.45) is 5.10 Å². The van der Waals surface area contributed by atoms with E-state index in [1.807, 2.05) is 13.8 Å². The van der Waals surface area contributed by atoms with Crippen LogP contribution in [0.3, 0.4) is 0 Å². The maximum Gasteiger partial charge on any atom is 0.251 e. The van der Waals surface area contributed by atoms with Gasteiger partial charge in [0.2, 0.25) is 11.8 Å². The SMILES string of the molecule is CC(=O)NC1C(OCCCCC(=O)NCCCNC(=O)c2ccc(NN=C(C)C)cc2)OC(CO)C(O)C1O. The lowest BCUT2D eigenvalue weighted by Crippen LogP contribution is -2.64. The van der Waals surface area contributed by atoms with E-state index >= 15 is 0 Å². The number of carbonyl (C=O) groups excluding carboxylic acids is 3. The molecule has 1 aliphatic heterocycles. The molecule has 7 N–H and O–H groups in total. The topological polar surface area (TPSA) is 191 Å². The van der Waals surface area contributed by atoms with Crippen LogP contribution in [0.5, 0.6) is 0 Å². The summed E-state index contributed by atoms with van der Waals surface area (Å²) in [4.78, 5) is 35.8. The van der Waals surface area contributed by atoms with Crippen molar-refractivity contribution in [3.05, 3.63) is 29.8 Å². The smallest absolute Gasteiger partial charge is 0.251 e. The molecule has 1 aliphatic rings. The first-order chi connectivity index (χ1) is 18.6. The van der Waals surface area contributed by atoms with Crippen molar-refractivity contribution in [2.45, 2.75) is 77.1 Å². The van der Waals surface area contributed by atoms with Gasteiger partial charge in [0.05, 0.1) is 12.3 Å². The fourth-order valence-electron chi connectivity index (χ4n) is 3.78. The van der Waals surface area contributed by atoms with E-state index in [-0.39, 0.29) is 24.8 Å². The molecule has 5 unspecified atom stereocenters. The van der Waals surface area contributed by atoms with Crippen LogP contribution in [0.25, 0.3) is 0 Å². The summed E-state index contributed by atoms with van der Waals surface area (Å²) in [6, 6.07) is 5.97. The van der Waals surface area contributed by atoms with Gasteiger partial charge in [0.1, 0.15) is 24.4 Å². The van der Waals surface area contributed by atoms with Crippen LogP contribution in [-0.2, 0) is 19.1 Å². The number of nitrogens with zero attached hydrogens (tertiary/aromatic N) is 1. The number of hydrogen-bond donors (Lipinski definition) is 7. The summed E-state index contributed by atoms with van der Waals surface area (Å²) >= 11 is 0. The number of anilines is 1. The van der Waals surface area contributed by atoms with Gasteiger partial charge in [0, 0.05) is 44.3 Å². The molecule has 1 saturated heterocycles. The molecular weight excluding hydrogens is 510 g/mol. The number of nitrogens with one attached hydrogen (secondary N) is 4. The van der Waals surface area contributed by atoms with Crippen molar-refractivity contribution in [2.75, 3.05) is 31.7 Å². The first-order valence-electron chi connectivity index (χ1n) is 13.1. The van der Waals surface area contributed by atoms with Crippen LogP contribution in [0.1, 0.15) is 56.8 Å². The van der Waals surface area contributed by atoms with Gasteiger partial charge in [-0.3, -0.25) is 19.8 Å². The van der Waals surface area contributed by atoms with Gasteiger partial charge < -0.3 is 40.7 Å². The Morgan fingerprint density at radius 2 is 1.67 bits per heavy atom. The standard InChI is InChI=1S/C26H41N5O8/c1-16(2)30-31-19-10-8-18(9-11-19)25(37)28-13-6-12-27-21(34)7-4-5-14-38-26-22(29-17(3)33)24(36)23(35)20(15-32)39-26/h8-11,20,22-24,26,31-32,35-36H,4-7,12-15H2,1-3H3,(H,27,34)(H,28,37)(H,29,33). The Morgan fingerprint density at radius 3 is 2.31 bits per heavy atom. The molecule has 2 rings (SSSR count). The normalized spacial score (nSPS) is 22.5. The van der Waals surface area contributed by atoms with Gasteiger partial charge >= 0.3 is 0 Å². The predicted molar refractivity (Wildman–Crippen MR) is 144 cm³/mol. The highest BCUT2D eigenvalue weighted by molar-refractivity contribution is 5.94. The van der Waals surface area contributed by atoms with Crippen molar-refractivity contribution in [1.29, 1.82) is 0 Å². The van der Waals surface area contributed by atoms with Crippen LogP contribution in [-0.4, -0.2) is 95.7 Å². The van der Waals surface area contributed by atoms with Gasteiger partial charge in [-0.25, -0.2) is 0 Å². The lowest BCUT2D eigenvalue weighted by Gasteiger charge is -2.42. The number of unbranched alkanes of at least 4 members (excludes halogenated alkanes) is 1. The molecule has 39 heavy (non-hydrogen) atoms. The summed E-state index contributed by atoms with van der Waals surface area (Å²) in [6.45, 7) is 5.52. The second-order valence-electron chi connectivity index (χ2n) is 9.47. The van der Waals surface area contributed by atoms with Crippen molar-refractivity contribution in [3.8, 4) is 0 Å². The van der Waals surface area contributed by atoms with Gasteiger partial charge in [-0.2, -0.15) is 5.10 Å².